The smallest absolute Gasteiger partial charge is 0.275 e. The lowest BCUT2D eigenvalue weighted by molar-refractivity contribution is -0.121. The number of halogens is 2. The van der Waals surface area contributed by atoms with Crippen molar-refractivity contribution in [3.63, 3.8) is 0 Å². The largest absolute Gasteiger partial charge is 0.324 e. The molecule has 0 saturated heterocycles. The molecule has 4 aromatic rings. The Hall–Kier alpha value is -4.10. The van der Waals surface area contributed by atoms with Gasteiger partial charge in [0, 0.05) is 29.6 Å². The van der Waals surface area contributed by atoms with E-state index in [9.17, 15) is 14.0 Å². The van der Waals surface area contributed by atoms with E-state index in [1.54, 1.807) is 30.3 Å². The maximum Gasteiger partial charge on any atom is 0.275 e. The second kappa shape index (κ2) is 10.9. The van der Waals surface area contributed by atoms with Crippen LogP contribution in [-0.4, -0.2) is 26.7 Å². The second-order valence-electron chi connectivity index (χ2n) is 7.92. The molecule has 0 aliphatic rings. The minimum Gasteiger partial charge on any atom is -0.324 e. The van der Waals surface area contributed by atoms with E-state index in [1.165, 1.54) is 47.8 Å². The zero-order valence-electron chi connectivity index (χ0n) is 18.9. The summed E-state index contributed by atoms with van der Waals surface area (Å²) in [5.41, 5.74) is 2.76. The molecule has 0 bridgehead atoms. The van der Waals surface area contributed by atoms with Crippen molar-refractivity contribution in [3.05, 3.63) is 125 Å². The summed E-state index contributed by atoms with van der Waals surface area (Å²) in [6.07, 6.45) is 4.24. The molecule has 0 radical (unpaired) electrons. The van der Waals surface area contributed by atoms with Gasteiger partial charge in [0.15, 0.2) is 0 Å². The number of nitrogens with one attached hydrogen (secondary N) is 1. The number of aromatic nitrogens is 2. The summed E-state index contributed by atoms with van der Waals surface area (Å²) in [5.74, 6) is -1.38. The zero-order valence-corrected chi connectivity index (χ0v) is 19.6. The SMILES string of the molecule is Cc1ccc([C@H](C(=O)Nc2ccc(F)cc2)N(Cc2ccccc2Cl)C(=O)c2cnccn2)cc1. The minimum atomic E-state index is -1.04. The zero-order chi connectivity index (χ0) is 24.8. The molecule has 1 heterocycles. The molecule has 176 valence electrons. The van der Waals surface area contributed by atoms with E-state index in [2.05, 4.69) is 15.3 Å². The number of carbonyl (C=O) groups excluding carboxylic acids is 2. The normalized spacial score (nSPS) is 11.5. The van der Waals surface area contributed by atoms with Gasteiger partial charge >= 0.3 is 0 Å². The summed E-state index contributed by atoms with van der Waals surface area (Å²) in [7, 11) is 0. The number of carbonyl (C=O) groups is 2. The average molecular weight is 489 g/mol. The Balaban J connectivity index is 1.79. The number of hydrogen-bond acceptors (Lipinski definition) is 4. The van der Waals surface area contributed by atoms with Crippen LogP contribution in [0.4, 0.5) is 10.1 Å². The van der Waals surface area contributed by atoms with Crippen molar-refractivity contribution in [2.45, 2.75) is 19.5 Å². The highest BCUT2D eigenvalue weighted by atomic mass is 35.5. The molecule has 0 spiro atoms. The van der Waals surface area contributed by atoms with Crippen molar-refractivity contribution in [2.75, 3.05) is 5.32 Å². The molecule has 1 atom stereocenters. The summed E-state index contributed by atoms with van der Waals surface area (Å²) >= 11 is 6.41. The fourth-order valence-electron chi connectivity index (χ4n) is 3.61. The molecule has 0 saturated carbocycles. The van der Waals surface area contributed by atoms with Gasteiger partial charge in [-0.05, 0) is 48.4 Å². The topological polar surface area (TPSA) is 75.2 Å². The number of aryl methyl sites for hydroxylation is 1. The summed E-state index contributed by atoms with van der Waals surface area (Å²) in [6.45, 7) is 1.98. The lowest BCUT2D eigenvalue weighted by Crippen LogP contribution is -2.41. The Kier molecular flexibility index (Phi) is 7.48. The van der Waals surface area contributed by atoms with Crippen LogP contribution in [0.5, 0.6) is 0 Å². The third-order valence-corrected chi connectivity index (χ3v) is 5.78. The number of hydrogen-bond donors (Lipinski definition) is 1. The molecule has 35 heavy (non-hydrogen) atoms. The van der Waals surface area contributed by atoms with Gasteiger partial charge in [-0.2, -0.15) is 0 Å². The predicted octanol–water partition coefficient (Wildman–Crippen LogP) is 5.60. The molecule has 0 unspecified atom stereocenters. The van der Waals surface area contributed by atoms with Crippen LogP contribution < -0.4 is 5.32 Å². The van der Waals surface area contributed by atoms with E-state index in [1.807, 2.05) is 25.1 Å². The Morgan fingerprint density at radius 3 is 2.37 bits per heavy atom. The first-order chi connectivity index (χ1) is 16.9. The molecule has 3 aromatic carbocycles. The molecule has 0 aliphatic carbocycles. The van der Waals surface area contributed by atoms with Crippen molar-refractivity contribution in [3.8, 4) is 0 Å². The lowest BCUT2D eigenvalue weighted by atomic mass is 10.0. The van der Waals surface area contributed by atoms with Gasteiger partial charge in [0.25, 0.3) is 11.8 Å². The van der Waals surface area contributed by atoms with Crippen molar-refractivity contribution in [1.29, 1.82) is 0 Å². The van der Waals surface area contributed by atoms with Gasteiger partial charge in [-0.15, -0.1) is 0 Å². The maximum atomic E-state index is 13.7. The number of benzene rings is 3. The van der Waals surface area contributed by atoms with Gasteiger partial charge in [0.05, 0.1) is 6.20 Å². The molecule has 1 aromatic heterocycles. The Morgan fingerprint density at radius 2 is 1.71 bits per heavy atom. The number of amides is 2. The maximum absolute atomic E-state index is 13.7. The van der Waals surface area contributed by atoms with Gasteiger partial charge in [-0.25, -0.2) is 9.37 Å². The van der Waals surface area contributed by atoms with Crippen molar-refractivity contribution < 1.29 is 14.0 Å². The molecule has 2 amide bonds. The van der Waals surface area contributed by atoms with E-state index >= 15 is 0 Å². The van der Waals surface area contributed by atoms with Crippen LogP contribution in [0.25, 0.3) is 0 Å². The third-order valence-electron chi connectivity index (χ3n) is 5.41. The highest BCUT2D eigenvalue weighted by Gasteiger charge is 2.33. The van der Waals surface area contributed by atoms with Crippen LogP contribution in [0.2, 0.25) is 5.02 Å². The summed E-state index contributed by atoms with van der Waals surface area (Å²) in [4.78, 5) is 36.9. The molecular weight excluding hydrogens is 467 g/mol. The van der Waals surface area contributed by atoms with Crippen molar-refractivity contribution in [1.82, 2.24) is 14.9 Å². The standard InChI is InChI=1S/C27H22ClFN4O2/c1-18-6-8-19(9-7-18)25(26(34)32-22-12-10-21(29)11-13-22)33(17-20-4-2-3-5-23(20)28)27(35)24-16-30-14-15-31-24/h2-16,25H,17H2,1H3,(H,32,34)/t25-/m1/s1. The van der Waals surface area contributed by atoms with E-state index in [0.29, 0.717) is 21.8 Å². The fourth-order valence-corrected chi connectivity index (χ4v) is 3.81. The quantitative estimate of drug-likeness (QED) is 0.367. The number of anilines is 1. The van der Waals surface area contributed by atoms with Crippen LogP contribution in [-0.2, 0) is 11.3 Å². The van der Waals surface area contributed by atoms with Crippen LogP contribution >= 0.6 is 11.6 Å². The molecule has 0 aliphatic heterocycles. The van der Waals surface area contributed by atoms with Gasteiger partial charge in [0.2, 0.25) is 0 Å². The van der Waals surface area contributed by atoms with Gasteiger partial charge in [-0.1, -0.05) is 59.6 Å². The number of rotatable bonds is 7. The molecular formula is C27H22ClFN4O2. The molecule has 4 rings (SSSR count). The summed E-state index contributed by atoms with van der Waals surface area (Å²) in [5, 5.41) is 3.26. The van der Waals surface area contributed by atoms with E-state index in [4.69, 9.17) is 11.6 Å². The minimum absolute atomic E-state index is 0.0461. The number of nitrogens with zero attached hydrogens (tertiary/aromatic N) is 3. The van der Waals surface area contributed by atoms with E-state index in [0.717, 1.165) is 5.56 Å². The highest BCUT2D eigenvalue weighted by molar-refractivity contribution is 6.31. The summed E-state index contributed by atoms with van der Waals surface area (Å²) < 4.78 is 13.4. The Bertz CT molecular complexity index is 1320. The van der Waals surface area contributed by atoms with Crippen LogP contribution in [0.3, 0.4) is 0 Å². The van der Waals surface area contributed by atoms with Gasteiger partial charge in [-0.3, -0.25) is 14.6 Å². The van der Waals surface area contributed by atoms with Crippen LogP contribution in [0.1, 0.15) is 33.2 Å². The summed E-state index contributed by atoms with van der Waals surface area (Å²) in [6, 6.07) is 18.8. The first-order valence-corrected chi connectivity index (χ1v) is 11.2. The van der Waals surface area contributed by atoms with E-state index < -0.39 is 23.7 Å². The van der Waals surface area contributed by atoms with Crippen molar-refractivity contribution >= 4 is 29.1 Å². The Labute approximate surface area is 207 Å². The fraction of sp³-hybridized carbons (Fsp3) is 0.111. The van der Waals surface area contributed by atoms with E-state index in [-0.39, 0.29) is 12.2 Å². The second-order valence-corrected chi connectivity index (χ2v) is 8.33. The predicted molar refractivity (Wildman–Crippen MR) is 132 cm³/mol. The third kappa shape index (κ3) is 5.88. The molecule has 8 heteroatoms. The first-order valence-electron chi connectivity index (χ1n) is 10.9. The molecule has 1 N–H and O–H groups in total. The lowest BCUT2D eigenvalue weighted by Gasteiger charge is -2.31. The Morgan fingerprint density at radius 1 is 1.00 bits per heavy atom. The highest BCUT2D eigenvalue weighted by Crippen LogP contribution is 2.29. The molecule has 0 fully saturated rings. The van der Waals surface area contributed by atoms with Gasteiger partial charge in [0.1, 0.15) is 17.6 Å². The molecule has 6 nitrogen and oxygen atoms in total. The van der Waals surface area contributed by atoms with Crippen molar-refractivity contribution in [2.24, 2.45) is 0 Å². The van der Waals surface area contributed by atoms with Gasteiger partial charge < -0.3 is 10.2 Å². The van der Waals surface area contributed by atoms with Crippen LogP contribution in [0, 0.1) is 12.7 Å². The van der Waals surface area contributed by atoms with Crippen LogP contribution in [0.15, 0.2) is 91.4 Å². The monoisotopic (exact) mass is 488 g/mol. The first kappa shape index (κ1) is 24.0. The average Bonchev–Trinajstić information content (AvgIpc) is 2.87.